The molecule has 0 saturated heterocycles. The normalized spacial score (nSPS) is 10.1. The maximum Gasteiger partial charge on any atom is 0.174 e. The predicted molar refractivity (Wildman–Crippen MR) is 60.9 cm³/mol. The number of thiophene rings is 1. The van der Waals surface area contributed by atoms with Crippen molar-refractivity contribution >= 4 is 11.3 Å². The van der Waals surface area contributed by atoms with Crippen molar-refractivity contribution < 1.29 is 4.74 Å². The molecule has 0 unspecified atom stereocenters. The molecule has 0 atom stereocenters. The number of hydrogen-bond donors (Lipinski definition) is 0. The van der Waals surface area contributed by atoms with Crippen LogP contribution in [-0.4, -0.2) is 6.61 Å². The van der Waals surface area contributed by atoms with Gasteiger partial charge in [-0.25, -0.2) is 0 Å². The van der Waals surface area contributed by atoms with E-state index in [-0.39, 0.29) is 0 Å². The molecular formula is C12H12OS. The summed E-state index contributed by atoms with van der Waals surface area (Å²) in [5.74, 6) is 0. The SMILES string of the molecule is CCOc1cc(-c2ccccc2)cs1. The Labute approximate surface area is 88.0 Å². The molecule has 2 heteroatoms. The van der Waals surface area contributed by atoms with E-state index in [9.17, 15) is 0 Å². The highest BCUT2D eigenvalue weighted by atomic mass is 32.1. The molecule has 0 aliphatic carbocycles. The maximum absolute atomic E-state index is 5.43. The van der Waals surface area contributed by atoms with Crippen molar-refractivity contribution in [2.45, 2.75) is 6.92 Å². The molecule has 2 rings (SSSR count). The van der Waals surface area contributed by atoms with Crippen LogP contribution in [0.4, 0.5) is 0 Å². The second-order valence-electron chi connectivity index (χ2n) is 2.95. The first kappa shape index (κ1) is 9.28. The van der Waals surface area contributed by atoms with Crippen molar-refractivity contribution in [3.05, 3.63) is 41.8 Å². The highest BCUT2D eigenvalue weighted by Crippen LogP contribution is 2.30. The van der Waals surface area contributed by atoms with Gasteiger partial charge in [0, 0.05) is 5.38 Å². The van der Waals surface area contributed by atoms with E-state index >= 15 is 0 Å². The van der Waals surface area contributed by atoms with Crippen LogP contribution in [-0.2, 0) is 0 Å². The van der Waals surface area contributed by atoms with Crippen LogP contribution < -0.4 is 4.74 Å². The van der Waals surface area contributed by atoms with Gasteiger partial charge in [0.05, 0.1) is 6.61 Å². The third-order valence-corrected chi connectivity index (χ3v) is 2.81. The summed E-state index contributed by atoms with van der Waals surface area (Å²) in [6.07, 6.45) is 0. The van der Waals surface area contributed by atoms with Crippen molar-refractivity contribution in [1.82, 2.24) is 0 Å². The van der Waals surface area contributed by atoms with E-state index in [1.54, 1.807) is 11.3 Å². The summed E-state index contributed by atoms with van der Waals surface area (Å²) in [4.78, 5) is 0. The molecule has 72 valence electrons. The molecule has 2 aromatic rings. The fraction of sp³-hybridized carbons (Fsp3) is 0.167. The standard InChI is InChI=1S/C12H12OS/c1-2-13-12-8-11(9-14-12)10-6-4-3-5-7-10/h3-9H,2H2,1H3. The minimum absolute atomic E-state index is 0.731. The molecule has 0 amide bonds. The summed E-state index contributed by atoms with van der Waals surface area (Å²) in [6.45, 7) is 2.73. The number of benzene rings is 1. The lowest BCUT2D eigenvalue weighted by Gasteiger charge is -1.96. The summed E-state index contributed by atoms with van der Waals surface area (Å²) in [7, 11) is 0. The fourth-order valence-corrected chi connectivity index (χ4v) is 2.14. The highest BCUT2D eigenvalue weighted by molar-refractivity contribution is 7.12. The summed E-state index contributed by atoms with van der Waals surface area (Å²) < 4.78 is 5.43. The molecule has 1 aromatic carbocycles. The smallest absolute Gasteiger partial charge is 0.174 e. The number of rotatable bonds is 3. The van der Waals surface area contributed by atoms with Crippen LogP contribution in [0, 0.1) is 0 Å². The van der Waals surface area contributed by atoms with Gasteiger partial charge in [-0.1, -0.05) is 30.3 Å². The van der Waals surface area contributed by atoms with E-state index in [1.807, 2.05) is 25.1 Å². The Hall–Kier alpha value is -1.28. The molecule has 1 nitrogen and oxygen atoms in total. The molecular weight excluding hydrogens is 192 g/mol. The minimum atomic E-state index is 0.731. The Bertz CT molecular complexity index is 392. The first-order chi connectivity index (χ1) is 6.90. The molecule has 0 N–H and O–H groups in total. The highest BCUT2D eigenvalue weighted by Gasteiger charge is 2.01. The molecule has 0 fully saturated rings. The Kier molecular flexibility index (Phi) is 2.84. The van der Waals surface area contributed by atoms with Crippen molar-refractivity contribution in [1.29, 1.82) is 0 Å². The maximum atomic E-state index is 5.43. The molecule has 1 aromatic heterocycles. The van der Waals surface area contributed by atoms with Gasteiger partial charge in [0.2, 0.25) is 0 Å². The largest absolute Gasteiger partial charge is 0.484 e. The molecule has 0 radical (unpaired) electrons. The van der Waals surface area contributed by atoms with Gasteiger partial charge in [0.1, 0.15) is 0 Å². The molecule has 0 bridgehead atoms. The third kappa shape index (κ3) is 1.96. The van der Waals surface area contributed by atoms with Gasteiger partial charge in [-0.2, -0.15) is 0 Å². The van der Waals surface area contributed by atoms with E-state index in [2.05, 4.69) is 23.6 Å². The zero-order valence-corrected chi connectivity index (χ0v) is 8.88. The topological polar surface area (TPSA) is 9.23 Å². The van der Waals surface area contributed by atoms with Gasteiger partial charge in [-0.15, -0.1) is 11.3 Å². The summed E-state index contributed by atoms with van der Waals surface area (Å²) in [6, 6.07) is 12.4. The summed E-state index contributed by atoms with van der Waals surface area (Å²) >= 11 is 1.65. The molecule has 1 heterocycles. The van der Waals surface area contributed by atoms with E-state index in [1.165, 1.54) is 11.1 Å². The van der Waals surface area contributed by atoms with Gasteiger partial charge >= 0.3 is 0 Å². The molecule has 0 aliphatic heterocycles. The Morgan fingerprint density at radius 2 is 1.93 bits per heavy atom. The zero-order chi connectivity index (χ0) is 9.80. The predicted octanol–water partition coefficient (Wildman–Crippen LogP) is 3.81. The lowest BCUT2D eigenvalue weighted by molar-refractivity contribution is 0.350. The molecule has 14 heavy (non-hydrogen) atoms. The van der Waals surface area contributed by atoms with Crippen LogP contribution in [0.1, 0.15) is 6.92 Å². The van der Waals surface area contributed by atoms with Crippen LogP contribution in [0.2, 0.25) is 0 Å². The molecule has 0 spiro atoms. The Balaban J connectivity index is 2.25. The molecule has 0 saturated carbocycles. The minimum Gasteiger partial charge on any atom is -0.484 e. The van der Waals surface area contributed by atoms with Crippen LogP contribution in [0.3, 0.4) is 0 Å². The summed E-state index contributed by atoms with van der Waals surface area (Å²) in [5, 5.41) is 3.12. The van der Waals surface area contributed by atoms with E-state index in [4.69, 9.17) is 4.74 Å². The van der Waals surface area contributed by atoms with Gasteiger partial charge in [0.15, 0.2) is 5.06 Å². The van der Waals surface area contributed by atoms with Gasteiger partial charge in [-0.05, 0) is 24.1 Å². The van der Waals surface area contributed by atoms with Crippen molar-refractivity contribution in [2.75, 3.05) is 6.61 Å². The van der Waals surface area contributed by atoms with Gasteiger partial charge < -0.3 is 4.74 Å². The second kappa shape index (κ2) is 4.29. The lowest BCUT2D eigenvalue weighted by atomic mass is 10.1. The van der Waals surface area contributed by atoms with Crippen molar-refractivity contribution in [3.8, 4) is 16.2 Å². The summed E-state index contributed by atoms with van der Waals surface area (Å²) in [5.41, 5.74) is 2.48. The van der Waals surface area contributed by atoms with E-state index < -0.39 is 0 Å². The Morgan fingerprint density at radius 3 is 2.64 bits per heavy atom. The van der Waals surface area contributed by atoms with Crippen LogP contribution in [0.25, 0.3) is 11.1 Å². The van der Waals surface area contributed by atoms with Crippen molar-refractivity contribution in [2.24, 2.45) is 0 Å². The number of hydrogen-bond acceptors (Lipinski definition) is 2. The fourth-order valence-electron chi connectivity index (χ4n) is 1.32. The monoisotopic (exact) mass is 204 g/mol. The quantitative estimate of drug-likeness (QED) is 0.738. The lowest BCUT2D eigenvalue weighted by Crippen LogP contribution is -1.86. The Morgan fingerprint density at radius 1 is 1.14 bits per heavy atom. The second-order valence-corrected chi connectivity index (χ2v) is 3.83. The number of ether oxygens (including phenoxy) is 1. The van der Waals surface area contributed by atoms with Gasteiger partial charge in [0.25, 0.3) is 0 Å². The third-order valence-electron chi connectivity index (χ3n) is 1.97. The first-order valence-electron chi connectivity index (χ1n) is 4.67. The zero-order valence-electron chi connectivity index (χ0n) is 8.07. The van der Waals surface area contributed by atoms with Crippen LogP contribution >= 0.6 is 11.3 Å². The average molecular weight is 204 g/mol. The van der Waals surface area contributed by atoms with Crippen LogP contribution in [0.5, 0.6) is 5.06 Å². The van der Waals surface area contributed by atoms with Crippen LogP contribution in [0.15, 0.2) is 41.8 Å². The average Bonchev–Trinajstić information content (AvgIpc) is 2.68. The molecule has 0 aliphatic rings. The van der Waals surface area contributed by atoms with Crippen molar-refractivity contribution in [3.63, 3.8) is 0 Å². The van der Waals surface area contributed by atoms with E-state index in [0.717, 1.165) is 11.7 Å². The first-order valence-corrected chi connectivity index (χ1v) is 5.55. The van der Waals surface area contributed by atoms with Gasteiger partial charge in [-0.3, -0.25) is 0 Å². The van der Waals surface area contributed by atoms with E-state index in [0.29, 0.717) is 0 Å².